The number of likely N-dealkylation sites (tertiary alicyclic amines) is 1. The number of halogens is 4. The zero-order valence-electron chi connectivity index (χ0n) is 14.1. The van der Waals surface area contributed by atoms with Gasteiger partial charge in [-0.1, -0.05) is 23.7 Å². The van der Waals surface area contributed by atoms with E-state index in [9.17, 15) is 27.9 Å². The summed E-state index contributed by atoms with van der Waals surface area (Å²) in [5.74, 6) is -2.71. The van der Waals surface area contributed by atoms with Crippen LogP contribution in [0.5, 0.6) is 0 Å². The van der Waals surface area contributed by atoms with Crippen LogP contribution in [0.3, 0.4) is 0 Å². The number of alkyl halides is 3. The van der Waals surface area contributed by atoms with Gasteiger partial charge in [-0.05, 0) is 37.5 Å². The van der Waals surface area contributed by atoms with Crippen LogP contribution in [0.2, 0.25) is 5.02 Å². The van der Waals surface area contributed by atoms with Crippen molar-refractivity contribution in [1.82, 2.24) is 10.2 Å². The van der Waals surface area contributed by atoms with Crippen molar-refractivity contribution in [2.75, 3.05) is 19.6 Å². The summed E-state index contributed by atoms with van der Waals surface area (Å²) in [6.45, 7) is 1.25. The lowest BCUT2D eigenvalue weighted by Crippen LogP contribution is -2.48. The molecular formula is C17H20ClF3N2O3. The highest BCUT2D eigenvalue weighted by molar-refractivity contribution is 6.30. The first kappa shape index (κ1) is 20.5. The van der Waals surface area contributed by atoms with Gasteiger partial charge in [0.15, 0.2) is 0 Å². The lowest BCUT2D eigenvalue weighted by atomic mass is 9.93. The SMILES string of the molecule is CC(O)(CNC(=O)C1CCN(C(=O)C(F)(F)F)CC1)c1ccc(Cl)cc1. The fraction of sp³-hybridized carbons (Fsp3) is 0.529. The average molecular weight is 393 g/mol. The molecule has 1 aromatic rings. The molecule has 1 unspecified atom stereocenters. The van der Waals surface area contributed by atoms with Crippen molar-refractivity contribution in [2.45, 2.75) is 31.5 Å². The third-order valence-electron chi connectivity index (χ3n) is 4.47. The van der Waals surface area contributed by atoms with E-state index in [0.29, 0.717) is 15.5 Å². The second-order valence-electron chi connectivity index (χ2n) is 6.56. The van der Waals surface area contributed by atoms with Crippen LogP contribution in [0.1, 0.15) is 25.3 Å². The topological polar surface area (TPSA) is 69.6 Å². The van der Waals surface area contributed by atoms with Gasteiger partial charge in [-0.2, -0.15) is 13.2 Å². The number of piperidine rings is 1. The van der Waals surface area contributed by atoms with Crippen LogP contribution >= 0.6 is 11.6 Å². The number of hydrogen-bond donors (Lipinski definition) is 2. The Kier molecular flexibility index (Phi) is 6.18. The van der Waals surface area contributed by atoms with E-state index in [4.69, 9.17) is 11.6 Å². The summed E-state index contributed by atoms with van der Waals surface area (Å²) in [4.78, 5) is 24.1. The average Bonchev–Trinajstić information content (AvgIpc) is 2.59. The molecule has 1 aromatic carbocycles. The lowest BCUT2D eigenvalue weighted by Gasteiger charge is -2.32. The van der Waals surface area contributed by atoms with Gasteiger partial charge >= 0.3 is 12.1 Å². The first-order chi connectivity index (χ1) is 12.0. The normalized spacial score (nSPS) is 18.3. The van der Waals surface area contributed by atoms with Crippen LogP contribution in [-0.4, -0.2) is 47.6 Å². The molecule has 1 heterocycles. The maximum Gasteiger partial charge on any atom is 0.471 e. The predicted octanol–water partition coefficient (Wildman–Crippen LogP) is 2.46. The standard InChI is InChI=1S/C17H20ClF3N2O3/c1-16(26,12-2-4-13(18)5-3-12)10-22-14(24)11-6-8-23(9-7-11)15(25)17(19,20)21/h2-5,11,26H,6-10H2,1H3,(H,22,24). The van der Waals surface area contributed by atoms with Gasteiger partial charge in [0.2, 0.25) is 5.91 Å². The van der Waals surface area contributed by atoms with Crippen LogP contribution < -0.4 is 5.32 Å². The lowest BCUT2D eigenvalue weighted by molar-refractivity contribution is -0.186. The van der Waals surface area contributed by atoms with E-state index in [1.54, 1.807) is 31.2 Å². The summed E-state index contributed by atoms with van der Waals surface area (Å²) in [6, 6.07) is 6.55. The summed E-state index contributed by atoms with van der Waals surface area (Å²) in [5.41, 5.74) is -0.736. The number of nitrogens with zero attached hydrogens (tertiary/aromatic N) is 1. The first-order valence-corrected chi connectivity index (χ1v) is 8.51. The van der Waals surface area contributed by atoms with Crippen molar-refractivity contribution in [2.24, 2.45) is 5.92 Å². The summed E-state index contributed by atoms with van der Waals surface area (Å²) >= 11 is 5.80. The van der Waals surface area contributed by atoms with Crippen LogP contribution in [-0.2, 0) is 15.2 Å². The van der Waals surface area contributed by atoms with E-state index in [1.165, 1.54) is 0 Å². The minimum atomic E-state index is -4.90. The highest BCUT2D eigenvalue weighted by Crippen LogP contribution is 2.25. The predicted molar refractivity (Wildman–Crippen MR) is 89.4 cm³/mol. The Morgan fingerprint density at radius 2 is 1.77 bits per heavy atom. The van der Waals surface area contributed by atoms with Crippen LogP contribution in [0, 0.1) is 5.92 Å². The molecule has 1 saturated heterocycles. The molecule has 26 heavy (non-hydrogen) atoms. The molecule has 1 aliphatic rings. The van der Waals surface area contributed by atoms with Crippen LogP contribution in [0.25, 0.3) is 0 Å². The van der Waals surface area contributed by atoms with Crippen LogP contribution in [0.4, 0.5) is 13.2 Å². The van der Waals surface area contributed by atoms with E-state index in [1.807, 2.05) is 0 Å². The number of benzene rings is 1. The van der Waals surface area contributed by atoms with Gasteiger partial charge < -0.3 is 15.3 Å². The number of nitrogens with one attached hydrogen (secondary N) is 1. The van der Waals surface area contributed by atoms with Crippen LogP contribution in [0.15, 0.2) is 24.3 Å². The van der Waals surface area contributed by atoms with Gasteiger partial charge in [-0.3, -0.25) is 9.59 Å². The Balaban J connectivity index is 1.85. The summed E-state index contributed by atoms with van der Waals surface area (Å²) in [5, 5.41) is 13.6. The second-order valence-corrected chi connectivity index (χ2v) is 7.00. The molecule has 9 heteroatoms. The molecule has 2 rings (SSSR count). The van der Waals surface area contributed by atoms with Crippen molar-refractivity contribution < 1.29 is 27.9 Å². The van der Waals surface area contributed by atoms with Gasteiger partial charge in [0, 0.05) is 24.0 Å². The minimum absolute atomic E-state index is 0.0465. The monoisotopic (exact) mass is 392 g/mol. The Labute approximate surface area is 154 Å². The number of aliphatic hydroxyl groups is 1. The smallest absolute Gasteiger partial charge is 0.384 e. The van der Waals surface area contributed by atoms with Gasteiger partial charge in [0.25, 0.3) is 0 Å². The molecule has 1 aliphatic heterocycles. The van der Waals surface area contributed by atoms with Crippen molar-refractivity contribution >= 4 is 23.4 Å². The molecule has 2 N–H and O–H groups in total. The highest BCUT2D eigenvalue weighted by Gasteiger charge is 2.43. The maximum atomic E-state index is 12.4. The fourth-order valence-electron chi connectivity index (χ4n) is 2.84. The summed E-state index contributed by atoms with van der Waals surface area (Å²) < 4.78 is 37.3. The summed E-state index contributed by atoms with van der Waals surface area (Å²) in [7, 11) is 0. The molecule has 0 spiro atoms. The van der Waals surface area contributed by atoms with Gasteiger partial charge in [-0.15, -0.1) is 0 Å². The largest absolute Gasteiger partial charge is 0.471 e. The minimum Gasteiger partial charge on any atom is -0.384 e. The van der Waals surface area contributed by atoms with E-state index in [0.717, 1.165) is 0 Å². The highest BCUT2D eigenvalue weighted by atomic mass is 35.5. The molecule has 1 fully saturated rings. The molecule has 1 atom stereocenters. The Morgan fingerprint density at radius 1 is 1.23 bits per heavy atom. The number of carbonyl (C=O) groups is 2. The molecule has 0 aliphatic carbocycles. The molecule has 0 aromatic heterocycles. The Morgan fingerprint density at radius 3 is 2.27 bits per heavy atom. The summed E-state index contributed by atoms with van der Waals surface area (Å²) in [6.07, 6.45) is -4.60. The molecule has 0 radical (unpaired) electrons. The maximum absolute atomic E-state index is 12.4. The zero-order chi connectivity index (χ0) is 19.5. The third kappa shape index (κ3) is 5.11. The number of amides is 2. The molecular weight excluding hydrogens is 373 g/mol. The first-order valence-electron chi connectivity index (χ1n) is 8.13. The van der Waals surface area contributed by atoms with E-state index < -0.39 is 23.6 Å². The van der Waals surface area contributed by atoms with E-state index in [-0.39, 0.29) is 38.4 Å². The Bertz CT molecular complexity index is 654. The number of hydrogen-bond acceptors (Lipinski definition) is 3. The van der Waals surface area contributed by atoms with Gasteiger partial charge in [-0.25, -0.2) is 0 Å². The molecule has 5 nitrogen and oxygen atoms in total. The third-order valence-corrected chi connectivity index (χ3v) is 4.72. The van der Waals surface area contributed by atoms with E-state index >= 15 is 0 Å². The van der Waals surface area contributed by atoms with Gasteiger partial charge in [0.05, 0.1) is 6.54 Å². The van der Waals surface area contributed by atoms with E-state index in [2.05, 4.69) is 5.32 Å². The molecule has 0 bridgehead atoms. The quantitative estimate of drug-likeness (QED) is 0.827. The number of carbonyl (C=O) groups excluding carboxylic acids is 2. The van der Waals surface area contributed by atoms with Crippen molar-refractivity contribution in [3.63, 3.8) is 0 Å². The molecule has 0 saturated carbocycles. The molecule has 144 valence electrons. The van der Waals surface area contributed by atoms with Crippen molar-refractivity contribution in [1.29, 1.82) is 0 Å². The van der Waals surface area contributed by atoms with Crippen molar-refractivity contribution in [3.05, 3.63) is 34.9 Å². The van der Waals surface area contributed by atoms with Crippen molar-refractivity contribution in [3.8, 4) is 0 Å². The Hall–Kier alpha value is -1.80. The zero-order valence-corrected chi connectivity index (χ0v) is 14.9. The second kappa shape index (κ2) is 7.84. The fourth-order valence-corrected chi connectivity index (χ4v) is 2.96. The number of rotatable bonds is 4. The van der Waals surface area contributed by atoms with Gasteiger partial charge in [0.1, 0.15) is 5.60 Å². The molecule has 2 amide bonds.